The van der Waals surface area contributed by atoms with E-state index in [4.69, 9.17) is 4.74 Å². The highest BCUT2D eigenvalue weighted by Gasteiger charge is 2.47. The van der Waals surface area contributed by atoms with Crippen LogP contribution in [0, 0.1) is 5.92 Å². The lowest BCUT2D eigenvalue weighted by atomic mass is 9.83. The first-order valence-corrected chi connectivity index (χ1v) is 14.4. The second kappa shape index (κ2) is 13.4. The van der Waals surface area contributed by atoms with Crippen LogP contribution < -0.4 is 4.74 Å². The zero-order chi connectivity index (χ0) is 27.9. The Balaban J connectivity index is 1.57. The number of likely N-dealkylation sites (tertiary alicyclic amines) is 1. The number of carboxylic acids is 1. The summed E-state index contributed by atoms with van der Waals surface area (Å²) in [5.74, 6) is 0.325. The zero-order valence-corrected chi connectivity index (χ0v) is 24.0. The predicted octanol–water partition coefficient (Wildman–Crippen LogP) is 3.04. The van der Waals surface area contributed by atoms with E-state index >= 15 is 0 Å². The topological polar surface area (TPSA) is 91.1 Å². The standard InChI is InChI=1S/C30H45N5O4/c1-5-6-15-34(16-7-14-32(2)3)28(36)21-35-20-24(22-8-10-26-23(19-22)12-18-39-26)29(30(37)38)25(35)9-11-27-31-13-17-33(27)4/h8,10,13,17,19,24-25,29H,5-7,9,11-12,14-16,18,20-21H2,1-4H3,(H,37,38). The van der Waals surface area contributed by atoms with Gasteiger partial charge >= 0.3 is 5.97 Å². The van der Waals surface area contributed by atoms with Crippen molar-refractivity contribution in [1.29, 1.82) is 0 Å². The summed E-state index contributed by atoms with van der Waals surface area (Å²) in [5.41, 5.74) is 2.17. The normalized spacial score (nSPS) is 20.8. The Kier molecular flexibility index (Phi) is 10.0. The fourth-order valence-electron chi connectivity index (χ4n) is 6.10. The Bertz CT molecular complexity index is 1120. The van der Waals surface area contributed by atoms with E-state index in [-0.39, 0.29) is 24.4 Å². The molecule has 0 bridgehead atoms. The van der Waals surface area contributed by atoms with Crippen molar-refractivity contribution in [2.24, 2.45) is 13.0 Å². The number of aliphatic carboxylic acids is 1. The number of ether oxygens (including phenoxy) is 1. The lowest BCUT2D eigenvalue weighted by Crippen LogP contribution is -2.45. The minimum absolute atomic E-state index is 0.0938. The highest BCUT2D eigenvalue weighted by molar-refractivity contribution is 5.79. The molecular weight excluding hydrogens is 494 g/mol. The Morgan fingerprint density at radius 1 is 1.18 bits per heavy atom. The van der Waals surface area contributed by atoms with Gasteiger partial charge in [-0.05, 0) is 57.1 Å². The molecule has 2 aromatic rings. The second-order valence-corrected chi connectivity index (χ2v) is 11.3. The number of carbonyl (C=O) groups is 2. The Morgan fingerprint density at radius 2 is 1.97 bits per heavy atom. The molecule has 4 rings (SSSR count). The van der Waals surface area contributed by atoms with Crippen molar-refractivity contribution in [3.63, 3.8) is 0 Å². The van der Waals surface area contributed by atoms with Gasteiger partial charge in [0.15, 0.2) is 0 Å². The van der Waals surface area contributed by atoms with Gasteiger partial charge in [0.25, 0.3) is 0 Å². The molecule has 1 fully saturated rings. The van der Waals surface area contributed by atoms with Crippen LogP contribution in [-0.4, -0.2) is 101 Å². The molecule has 3 unspecified atom stereocenters. The number of aryl methyl sites for hydroxylation is 2. The first kappa shape index (κ1) is 29.1. The highest BCUT2D eigenvalue weighted by atomic mass is 16.5. The van der Waals surface area contributed by atoms with E-state index in [1.165, 1.54) is 0 Å². The van der Waals surface area contributed by atoms with Gasteiger partial charge in [-0.2, -0.15) is 0 Å². The second-order valence-electron chi connectivity index (χ2n) is 11.3. The van der Waals surface area contributed by atoms with E-state index in [9.17, 15) is 14.7 Å². The molecule has 1 N–H and O–H groups in total. The van der Waals surface area contributed by atoms with Crippen molar-refractivity contribution in [1.82, 2.24) is 24.3 Å². The summed E-state index contributed by atoms with van der Waals surface area (Å²) >= 11 is 0. The van der Waals surface area contributed by atoms with Crippen molar-refractivity contribution in [3.05, 3.63) is 47.5 Å². The van der Waals surface area contributed by atoms with Gasteiger partial charge < -0.3 is 24.2 Å². The summed E-state index contributed by atoms with van der Waals surface area (Å²) in [6, 6.07) is 5.86. The minimum Gasteiger partial charge on any atom is -0.493 e. The maximum atomic E-state index is 13.7. The van der Waals surface area contributed by atoms with Gasteiger partial charge in [0.05, 0.1) is 19.1 Å². The summed E-state index contributed by atoms with van der Waals surface area (Å²) < 4.78 is 7.67. The molecule has 2 aliphatic heterocycles. The molecule has 214 valence electrons. The van der Waals surface area contributed by atoms with Crippen LogP contribution in [0.4, 0.5) is 0 Å². The molecule has 3 atom stereocenters. The smallest absolute Gasteiger partial charge is 0.308 e. The monoisotopic (exact) mass is 539 g/mol. The fourth-order valence-corrected chi connectivity index (χ4v) is 6.10. The van der Waals surface area contributed by atoms with E-state index in [1.807, 2.05) is 48.9 Å². The molecule has 0 saturated carbocycles. The zero-order valence-electron chi connectivity index (χ0n) is 24.0. The number of carbonyl (C=O) groups excluding carboxylic acids is 1. The molecule has 39 heavy (non-hydrogen) atoms. The molecule has 1 saturated heterocycles. The molecule has 9 nitrogen and oxygen atoms in total. The van der Waals surface area contributed by atoms with Gasteiger partial charge in [-0.25, -0.2) is 4.98 Å². The molecule has 3 heterocycles. The lowest BCUT2D eigenvalue weighted by molar-refractivity contribution is -0.143. The van der Waals surface area contributed by atoms with E-state index in [1.54, 1.807) is 6.20 Å². The third-order valence-corrected chi connectivity index (χ3v) is 8.27. The van der Waals surface area contributed by atoms with E-state index < -0.39 is 11.9 Å². The summed E-state index contributed by atoms with van der Waals surface area (Å²) in [7, 11) is 6.06. The van der Waals surface area contributed by atoms with Crippen molar-refractivity contribution in [2.45, 2.75) is 57.4 Å². The van der Waals surface area contributed by atoms with Gasteiger partial charge in [-0.1, -0.05) is 25.5 Å². The third-order valence-electron chi connectivity index (χ3n) is 8.27. The number of amides is 1. The van der Waals surface area contributed by atoms with Gasteiger partial charge in [-0.3, -0.25) is 14.5 Å². The minimum atomic E-state index is -0.801. The number of hydrogen-bond acceptors (Lipinski definition) is 6. The summed E-state index contributed by atoms with van der Waals surface area (Å²) in [4.78, 5) is 37.2. The van der Waals surface area contributed by atoms with Crippen LogP contribution in [0.15, 0.2) is 30.6 Å². The molecule has 0 spiro atoms. The molecule has 1 amide bonds. The Labute approximate surface area is 232 Å². The number of aromatic nitrogens is 2. The van der Waals surface area contributed by atoms with Crippen LogP contribution in [0.3, 0.4) is 0 Å². The first-order valence-electron chi connectivity index (χ1n) is 14.4. The van der Waals surface area contributed by atoms with Crippen LogP contribution in [0.2, 0.25) is 0 Å². The number of benzene rings is 1. The van der Waals surface area contributed by atoms with Gasteiger partial charge in [0.1, 0.15) is 11.6 Å². The molecular formula is C30H45N5O4. The Morgan fingerprint density at radius 3 is 2.67 bits per heavy atom. The number of carboxylic acid groups (broad SMARTS) is 1. The van der Waals surface area contributed by atoms with Crippen molar-refractivity contribution < 1.29 is 19.4 Å². The summed E-state index contributed by atoms with van der Waals surface area (Å²) in [6.07, 6.45) is 8.74. The highest BCUT2D eigenvalue weighted by Crippen LogP contribution is 2.41. The number of rotatable bonds is 14. The molecule has 1 aromatic heterocycles. The summed E-state index contributed by atoms with van der Waals surface area (Å²) in [5, 5.41) is 10.5. The van der Waals surface area contributed by atoms with Crippen LogP contribution in [0.1, 0.15) is 55.5 Å². The number of nitrogens with zero attached hydrogens (tertiary/aromatic N) is 5. The quantitative estimate of drug-likeness (QED) is 0.395. The summed E-state index contributed by atoms with van der Waals surface area (Å²) in [6.45, 7) is 5.99. The maximum Gasteiger partial charge on any atom is 0.308 e. The molecule has 0 aliphatic carbocycles. The van der Waals surface area contributed by atoms with Gasteiger partial charge in [0.2, 0.25) is 5.91 Å². The largest absolute Gasteiger partial charge is 0.493 e. The van der Waals surface area contributed by atoms with Gasteiger partial charge in [-0.15, -0.1) is 0 Å². The third kappa shape index (κ3) is 7.19. The van der Waals surface area contributed by atoms with Crippen molar-refractivity contribution in [3.8, 4) is 5.75 Å². The molecule has 1 aromatic carbocycles. The van der Waals surface area contributed by atoms with Gasteiger partial charge in [0, 0.05) is 63.9 Å². The molecule has 2 aliphatic rings. The fraction of sp³-hybridized carbons (Fsp3) is 0.633. The lowest BCUT2D eigenvalue weighted by Gasteiger charge is -2.30. The number of fused-ring (bicyclic) bond motifs is 1. The van der Waals surface area contributed by atoms with Crippen LogP contribution in [0.25, 0.3) is 0 Å². The number of imidazole rings is 1. The van der Waals surface area contributed by atoms with E-state index in [2.05, 4.69) is 27.8 Å². The predicted molar refractivity (Wildman–Crippen MR) is 151 cm³/mol. The SMILES string of the molecule is CCCCN(CCCN(C)C)C(=O)CN1CC(c2ccc3c(c2)CCO3)C(C(=O)O)C1CCc1nccn1C. The maximum absolute atomic E-state index is 13.7. The van der Waals surface area contributed by atoms with Crippen LogP contribution in [0.5, 0.6) is 5.75 Å². The van der Waals surface area contributed by atoms with E-state index in [0.29, 0.717) is 26.0 Å². The average Bonchev–Trinajstić information content (AvgIpc) is 3.62. The number of hydrogen-bond donors (Lipinski definition) is 1. The van der Waals surface area contributed by atoms with Crippen LogP contribution >= 0.6 is 0 Å². The van der Waals surface area contributed by atoms with Crippen LogP contribution in [-0.2, 0) is 29.5 Å². The molecule has 9 heteroatoms. The first-order chi connectivity index (χ1) is 18.8. The average molecular weight is 540 g/mol. The Hall–Kier alpha value is -2.91. The number of unbranched alkanes of at least 4 members (excludes halogenated alkanes) is 1. The van der Waals surface area contributed by atoms with Crippen molar-refractivity contribution in [2.75, 3.05) is 53.4 Å². The van der Waals surface area contributed by atoms with Crippen molar-refractivity contribution >= 4 is 11.9 Å². The van der Waals surface area contributed by atoms with E-state index in [0.717, 1.165) is 68.0 Å². The molecule has 0 radical (unpaired) electrons.